The maximum Gasteiger partial charge on any atom is 0.266 e. The van der Waals surface area contributed by atoms with Crippen molar-refractivity contribution in [3.8, 4) is 0 Å². The summed E-state index contributed by atoms with van der Waals surface area (Å²) in [6, 6.07) is 22.8. The molecule has 10 nitrogen and oxygen atoms in total. The number of piperidine rings is 1. The van der Waals surface area contributed by atoms with E-state index >= 15 is 0 Å². The number of carbonyl (C=O) groups is 2. The lowest BCUT2D eigenvalue weighted by atomic mass is 9.74. The molecule has 3 aliphatic rings. The highest BCUT2D eigenvalue weighted by atomic mass is 16.2. The maximum absolute atomic E-state index is 12.8. The average molecular weight is 539 g/mol. The van der Waals surface area contributed by atoms with Crippen LogP contribution >= 0.6 is 0 Å². The summed E-state index contributed by atoms with van der Waals surface area (Å²) in [4.78, 5) is 41.6. The predicted molar refractivity (Wildman–Crippen MR) is 154 cm³/mol. The molecule has 0 aliphatic carbocycles. The number of nitrogens with zero attached hydrogens (tertiary/aromatic N) is 5. The van der Waals surface area contributed by atoms with Gasteiger partial charge in [0, 0.05) is 44.5 Å². The van der Waals surface area contributed by atoms with Gasteiger partial charge in [-0.2, -0.15) is 0 Å². The van der Waals surface area contributed by atoms with E-state index in [1.54, 1.807) is 32.6 Å². The van der Waals surface area contributed by atoms with Gasteiger partial charge in [0.15, 0.2) is 23.0 Å². The molecule has 1 aromatic heterocycles. The monoisotopic (exact) mass is 538 g/mol. The molecule has 1 saturated heterocycles. The Kier molecular flexibility index (Phi) is 7.36. The van der Waals surface area contributed by atoms with Gasteiger partial charge in [0.05, 0.1) is 0 Å². The number of amides is 2. The minimum atomic E-state index is -1.13. The molecule has 2 amide bonds. The molecule has 3 aromatic rings. The van der Waals surface area contributed by atoms with Crippen LogP contribution in [0.1, 0.15) is 29.5 Å². The van der Waals surface area contributed by atoms with Crippen molar-refractivity contribution in [1.29, 1.82) is 0 Å². The Balaban J connectivity index is 0.000000161. The lowest BCUT2D eigenvalue weighted by Gasteiger charge is -2.36. The van der Waals surface area contributed by atoms with Crippen molar-refractivity contribution in [2.75, 3.05) is 27.2 Å². The van der Waals surface area contributed by atoms with Crippen LogP contribution in [0.4, 0.5) is 0 Å². The van der Waals surface area contributed by atoms with Crippen molar-refractivity contribution in [3.05, 3.63) is 102 Å². The largest absolute Gasteiger partial charge is 0.369 e. The molecule has 0 bridgehead atoms. The summed E-state index contributed by atoms with van der Waals surface area (Å²) in [5.41, 5.74) is 12.2. The van der Waals surface area contributed by atoms with Crippen molar-refractivity contribution in [3.63, 3.8) is 0 Å². The van der Waals surface area contributed by atoms with Gasteiger partial charge in [-0.3, -0.25) is 24.4 Å². The highest BCUT2D eigenvalue weighted by Gasteiger charge is 2.53. The Morgan fingerprint density at radius 1 is 0.800 bits per heavy atom. The standard InChI is InChI=1S/C15H20N4O.C15H14N4O/c2*1-19-13(20)15(18-14(19)16,11-6-3-2-4-7-11)12-8-5-9-17-10-12/h2-4,6-7,12,17H,5,8-10H2,1H3,(H2,16,18);2-10H,1H3,(H2,16,18). The van der Waals surface area contributed by atoms with Crippen molar-refractivity contribution in [2.45, 2.75) is 23.9 Å². The predicted octanol–water partition coefficient (Wildman–Crippen LogP) is 1.78. The highest BCUT2D eigenvalue weighted by molar-refractivity contribution is 6.09. The Hall–Kier alpha value is -4.57. The normalized spacial score (nSPS) is 26.2. The minimum absolute atomic E-state index is 0.0186. The number of pyridine rings is 1. The third kappa shape index (κ3) is 4.40. The Labute approximate surface area is 233 Å². The van der Waals surface area contributed by atoms with Crippen LogP contribution in [0.2, 0.25) is 0 Å². The maximum atomic E-state index is 12.8. The van der Waals surface area contributed by atoms with Crippen molar-refractivity contribution >= 4 is 23.7 Å². The lowest BCUT2D eigenvalue weighted by Crippen LogP contribution is -2.49. The lowest BCUT2D eigenvalue weighted by molar-refractivity contribution is -0.133. The minimum Gasteiger partial charge on any atom is -0.369 e. The zero-order valence-corrected chi connectivity index (χ0v) is 22.7. The van der Waals surface area contributed by atoms with Crippen LogP contribution in [0.5, 0.6) is 0 Å². The first-order chi connectivity index (χ1) is 19.3. The summed E-state index contributed by atoms with van der Waals surface area (Å²) >= 11 is 0. The zero-order chi connectivity index (χ0) is 28.3. The summed E-state index contributed by atoms with van der Waals surface area (Å²) in [5, 5.41) is 3.38. The van der Waals surface area contributed by atoms with Crippen molar-refractivity contribution in [2.24, 2.45) is 27.4 Å². The molecule has 1 fully saturated rings. The molecule has 0 radical (unpaired) electrons. The van der Waals surface area contributed by atoms with E-state index in [1.807, 2.05) is 66.7 Å². The van der Waals surface area contributed by atoms with Gasteiger partial charge in [0.1, 0.15) is 0 Å². The molecule has 3 atom stereocenters. The van der Waals surface area contributed by atoms with Crippen LogP contribution in [0, 0.1) is 5.92 Å². The second kappa shape index (κ2) is 10.9. The third-order valence-corrected chi connectivity index (χ3v) is 7.88. The van der Waals surface area contributed by atoms with E-state index in [0.29, 0.717) is 11.5 Å². The van der Waals surface area contributed by atoms with Crippen LogP contribution in [-0.4, -0.2) is 65.7 Å². The Morgan fingerprint density at radius 2 is 1.40 bits per heavy atom. The van der Waals surface area contributed by atoms with Crippen LogP contribution in [-0.2, 0) is 20.7 Å². The van der Waals surface area contributed by atoms with Gasteiger partial charge in [0.25, 0.3) is 11.8 Å². The molecule has 6 rings (SSSR count). The van der Waals surface area contributed by atoms with Crippen molar-refractivity contribution < 1.29 is 9.59 Å². The summed E-state index contributed by atoms with van der Waals surface area (Å²) < 4.78 is 0. The molecule has 2 aromatic carbocycles. The molecule has 0 saturated carbocycles. The van der Waals surface area contributed by atoms with Gasteiger partial charge in [-0.1, -0.05) is 66.7 Å². The van der Waals surface area contributed by atoms with Gasteiger partial charge in [0.2, 0.25) is 0 Å². The molecule has 206 valence electrons. The number of hydrogen-bond donors (Lipinski definition) is 3. The first-order valence-corrected chi connectivity index (χ1v) is 13.3. The number of carbonyl (C=O) groups excluding carboxylic acids is 2. The van der Waals surface area contributed by atoms with Gasteiger partial charge in [-0.25, -0.2) is 9.98 Å². The fourth-order valence-electron chi connectivity index (χ4n) is 5.69. The first-order valence-electron chi connectivity index (χ1n) is 13.3. The second-order valence-corrected chi connectivity index (χ2v) is 10.2. The summed E-state index contributed by atoms with van der Waals surface area (Å²) in [6.45, 7) is 1.80. The van der Waals surface area contributed by atoms with Gasteiger partial charge >= 0.3 is 0 Å². The quantitative estimate of drug-likeness (QED) is 0.462. The van der Waals surface area contributed by atoms with Crippen LogP contribution < -0.4 is 16.8 Å². The Morgan fingerprint density at radius 3 is 1.90 bits per heavy atom. The molecular formula is C30H34N8O2. The molecule has 5 N–H and O–H groups in total. The number of rotatable bonds is 4. The number of nitrogens with one attached hydrogen (secondary N) is 1. The Bertz CT molecular complexity index is 1380. The van der Waals surface area contributed by atoms with Crippen LogP contribution in [0.25, 0.3) is 0 Å². The number of likely N-dealkylation sites (N-methyl/N-ethyl adjacent to an activating group) is 2. The second-order valence-electron chi connectivity index (χ2n) is 10.2. The summed E-state index contributed by atoms with van der Waals surface area (Å²) in [5.74, 6) is 0.478. The van der Waals surface area contributed by atoms with E-state index in [-0.39, 0.29) is 23.7 Å². The van der Waals surface area contributed by atoms with Crippen LogP contribution in [0.15, 0.2) is 95.2 Å². The smallest absolute Gasteiger partial charge is 0.266 e. The third-order valence-electron chi connectivity index (χ3n) is 7.88. The molecule has 40 heavy (non-hydrogen) atoms. The summed E-state index contributed by atoms with van der Waals surface area (Å²) in [7, 11) is 3.32. The molecule has 4 heterocycles. The number of hydrogen-bond acceptors (Lipinski definition) is 8. The number of nitrogens with two attached hydrogens (primary N) is 2. The van der Waals surface area contributed by atoms with E-state index in [4.69, 9.17) is 11.5 Å². The number of aliphatic imine (C=N–C) groups is 2. The zero-order valence-electron chi connectivity index (χ0n) is 22.7. The average Bonchev–Trinajstić information content (AvgIpc) is 3.39. The molecule has 3 unspecified atom stereocenters. The van der Waals surface area contributed by atoms with Crippen molar-refractivity contribution in [1.82, 2.24) is 20.1 Å². The number of aromatic nitrogens is 1. The highest BCUT2D eigenvalue weighted by Crippen LogP contribution is 2.42. The summed E-state index contributed by atoms with van der Waals surface area (Å²) in [6.07, 6.45) is 5.36. The van der Waals surface area contributed by atoms with Crippen LogP contribution in [0.3, 0.4) is 0 Å². The first kappa shape index (κ1) is 27.0. The van der Waals surface area contributed by atoms with E-state index in [9.17, 15) is 9.59 Å². The van der Waals surface area contributed by atoms with E-state index < -0.39 is 11.1 Å². The van der Waals surface area contributed by atoms with Gasteiger partial charge < -0.3 is 16.8 Å². The van der Waals surface area contributed by atoms with E-state index in [0.717, 1.165) is 37.1 Å². The fourth-order valence-corrected chi connectivity index (χ4v) is 5.69. The SMILES string of the molecule is CN1C(=O)C(c2ccccc2)(C2CCCNC2)N=C1N.CN1C(=O)C(c2ccccc2)(c2cccnc2)N=C1N. The molecule has 3 aliphatic heterocycles. The van der Waals surface area contributed by atoms with E-state index in [2.05, 4.69) is 20.3 Å². The van der Waals surface area contributed by atoms with Gasteiger partial charge in [-0.15, -0.1) is 0 Å². The van der Waals surface area contributed by atoms with Gasteiger partial charge in [-0.05, 0) is 36.6 Å². The molecular weight excluding hydrogens is 504 g/mol. The number of guanidine groups is 2. The number of benzene rings is 2. The topological polar surface area (TPSA) is 142 Å². The van der Waals surface area contributed by atoms with E-state index in [1.165, 1.54) is 9.80 Å². The molecule has 0 spiro atoms. The fraction of sp³-hybridized carbons (Fsp3) is 0.300. The molecule has 10 heteroatoms.